The van der Waals surface area contributed by atoms with Gasteiger partial charge in [-0.1, -0.05) is 13.8 Å². The SMILES string of the molecule is CC(C)CN1CCN(c2ccc(N)c(C#N)c2)CC1. The predicted molar refractivity (Wildman–Crippen MR) is 79.1 cm³/mol. The van der Waals surface area contributed by atoms with E-state index in [1.807, 2.05) is 18.2 Å². The highest BCUT2D eigenvalue weighted by Gasteiger charge is 2.18. The summed E-state index contributed by atoms with van der Waals surface area (Å²) in [5.74, 6) is 0.716. The Kier molecular flexibility index (Phi) is 4.28. The van der Waals surface area contributed by atoms with Crippen LogP contribution in [0.3, 0.4) is 0 Å². The predicted octanol–water partition coefficient (Wildman–Crippen LogP) is 1.92. The molecule has 0 spiro atoms. The Morgan fingerprint density at radius 1 is 1.26 bits per heavy atom. The van der Waals surface area contributed by atoms with Gasteiger partial charge in [0, 0.05) is 44.1 Å². The van der Waals surface area contributed by atoms with Crippen molar-refractivity contribution in [3.63, 3.8) is 0 Å². The number of nitrogen functional groups attached to an aromatic ring is 1. The standard InChI is InChI=1S/C15H22N4/c1-12(2)11-18-5-7-19(8-6-18)14-3-4-15(17)13(9-14)10-16/h3-4,9,12H,5-8,11,17H2,1-2H3. The Hall–Kier alpha value is -1.73. The van der Waals surface area contributed by atoms with E-state index in [2.05, 4.69) is 29.7 Å². The van der Waals surface area contributed by atoms with Crippen LogP contribution >= 0.6 is 0 Å². The van der Waals surface area contributed by atoms with Crippen molar-refractivity contribution in [1.82, 2.24) is 4.90 Å². The number of nitriles is 1. The maximum Gasteiger partial charge on any atom is 0.101 e. The van der Waals surface area contributed by atoms with Crippen molar-refractivity contribution in [3.05, 3.63) is 23.8 Å². The molecule has 0 bridgehead atoms. The summed E-state index contributed by atoms with van der Waals surface area (Å²) >= 11 is 0. The third-order valence-corrected chi connectivity index (χ3v) is 3.52. The molecule has 0 saturated carbocycles. The summed E-state index contributed by atoms with van der Waals surface area (Å²) in [5, 5.41) is 9.03. The molecule has 1 aliphatic rings. The number of anilines is 2. The quantitative estimate of drug-likeness (QED) is 0.842. The zero-order valence-corrected chi connectivity index (χ0v) is 11.8. The van der Waals surface area contributed by atoms with E-state index < -0.39 is 0 Å². The van der Waals surface area contributed by atoms with Crippen LogP contribution in [0.1, 0.15) is 19.4 Å². The first-order chi connectivity index (χ1) is 9.10. The number of nitrogens with two attached hydrogens (primary N) is 1. The Morgan fingerprint density at radius 3 is 2.53 bits per heavy atom. The average molecular weight is 258 g/mol. The van der Waals surface area contributed by atoms with Gasteiger partial charge in [-0.15, -0.1) is 0 Å². The second kappa shape index (κ2) is 5.94. The molecule has 0 unspecified atom stereocenters. The zero-order chi connectivity index (χ0) is 13.8. The fourth-order valence-corrected chi connectivity index (χ4v) is 2.54. The van der Waals surface area contributed by atoms with Gasteiger partial charge in [0.05, 0.1) is 5.56 Å². The average Bonchev–Trinajstić information content (AvgIpc) is 2.40. The first-order valence-electron chi connectivity index (χ1n) is 6.87. The summed E-state index contributed by atoms with van der Waals surface area (Å²) in [6.07, 6.45) is 0. The first kappa shape index (κ1) is 13.7. The van der Waals surface area contributed by atoms with E-state index in [1.165, 1.54) is 6.54 Å². The molecule has 0 aromatic heterocycles. The van der Waals surface area contributed by atoms with Crippen molar-refractivity contribution < 1.29 is 0 Å². The molecule has 1 fully saturated rings. The van der Waals surface area contributed by atoms with Gasteiger partial charge in [0.15, 0.2) is 0 Å². The molecule has 19 heavy (non-hydrogen) atoms. The molecule has 1 heterocycles. The lowest BCUT2D eigenvalue weighted by Crippen LogP contribution is -2.47. The summed E-state index contributed by atoms with van der Waals surface area (Å²) in [7, 11) is 0. The van der Waals surface area contributed by atoms with Crippen LogP contribution in [0.4, 0.5) is 11.4 Å². The van der Waals surface area contributed by atoms with Crippen molar-refractivity contribution in [2.24, 2.45) is 5.92 Å². The summed E-state index contributed by atoms with van der Waals surface area (Å²) in [6, 6.07) is 7.88. The lowest BCUT2D eigenvalue weighted by atomic mass is 10.1. The fraction of sp³-hybridized carbons (Fsp3) is 0.533. The Bertz CT molecular complexity index is 468. The van der Waals surface area contributed by atoms with Gasteiger partial charge < -0.3 is 10.6 Å². The molecule has 0 aliphatic carbocycles. The molecule has 1 aromatic rings. The van der Waals surface area contributed by atoms with Crippen molar-refractivity contribution in [3.8, 4) is 6.07 Å². The van der Waals surface area contributed by atoms with Gasteiger partial charge in [-0.05, 0) is 24.1 Å². The molecule has 1 aliphatic heterocycles. The number of piperazine rings is 1. The molecule has 2 N–H and O–H groups in total. The van der Waals surface area contributed by atoms with Crippen LogP contribution in [-0.2, 0) is 0 Å². The monoisotopic (exact) mass is 258 g/mol. The zero-order valence-electron chi connectivity index (χ0n) is 11.8. The minimum Gasteiger partial charge on any atom is -0.398 e. The topological polar surface area (TPSA) is 56.3 Å². The summed E-state index contributed by atoms with van der Waals surface area (Å²) < 4.78 is 0. The number of rotatable bonds is 3. The smallest absolute Gasteiger partial charge is 0.101 e. The molecule has 2 rings (SSSR count). The molecule has 4 heteroatoms. The molecule has 4 nitrogen and oxygen atoms in total. The number of benzene rings is 1. The molecule has 0 atom stereocenters. The molecule has 1 saturated heterocycles. The highest BCUT2D eigenvalue weighted by Crippen LogP contribution is 2.22. The van der Waals surface area contributed by atoms with Gasteiger partial charge in [0.25, 0.3) is 0 Å². The van der Waals surface area contributed by atoms with Crippen LogP contribution in [0.2, 0.25) is 0 Å². The van der Waals surface area contributed by atoms with E-state index in [0.29, 0.717) is 17.2 Å². The van der Waals surface area contributed by atoms with Gasteiger partial charge in [-0.3, -0.25) is 4.90 Å². The van der Waals surface area contributed by atoms with E-state index in [4.69, 9.17) is 11.0 Å². The molecule has 102 valence electrons. The van der Waals surface area contributed by atoms with Crippen LogP contribution in [0.15, 0.2) is 18.2 Å². The van der Waals surface area contributed by atoms with Crippen LogP contribution in [-0.4, -0.2) is 37.6 Å². The Balaban J connectivity index is 2.00. The van der Waals surface area contributed by atoms with Crippen LogP contribution in [0.5, 0.6) is 0 Å². The minimum absolute atomic E-state index is 0.560. The van der Waals surface area contributed by atoms with Crippen molar-refractivity contribution in [2.45, 2.75) is 13.8 Å². The third kappa shape index (κ3) is 3.39. The minimum atomic E-state index is 0.560. The highest BCUT2D eigenvalue weighted by atomic mass is 15.3. The van der Waals surface area contributed by atoms with Crippen molar-refractivity contribution in [1.29, 1.82) is 5.26 Å². The maximum absolute atomic E-state index is 9.03. The Morgan fingerprint density at radius 2 is 1.95 bits per heavy atom. The lowest BCUT2D eigenvalue weighted by molar-refractivity contribution is 0.231. The number of nitrogens with zero attached hydrogens (tertiary/aromatic N) is 3. The maximum atomic E-state index is 9.03. The van der Waals surface area contributed by atoms with Gasteiger partial charge in [0.2, 0.25) is 0 Å². The third-order valence-electron chi connectivity index (χ3n) is 3.52. The van der Waals surface area contributed by atoms with Gasteiger partial charge >= 0.3 is 0 Å². The second-order valence-corrected chi connectivity index (χ2v) is 5.56. The van der Waals surface area contributed by atoms with Crippen LogP contribution in [0.25, 0.3) is 0 Å². The fourth-order valence-electron chi connectivity index (χ4n) is 2.54. The van der Waals surface area contributed by atoms with Gasteiger partial charge in [0.1, 0.15) is 6.07 Å². The van der Waals surface area contributed by atoms with E-state index in [1.54, 1.807) is 0 Å². The molecular weight excluding hydrogens is 236 g/mol. The van der Waals surface area contributed by atoms with E-state index in [9.17, 15) is 0 Å². The molecule has 0 amide bonds. The van der Waals surface area contributed by atoms with E-state index in [-0.39, 0.29) is 0 Å². The first-order valence-corrected chi connectivity index (χ1v) is 6.87. The molecular formula is C15H22N4. The van der Waals surface area contributed by atoms with Crippen molar-refractivity contribution in [2.75, 3.05) is 43.4 Å². The van der Waals surface area contributed by atoms with Crippen LogP contribution < -0.4 is 10.6 Å². The summed E-state index contributed by atoms with van der Waals surface area (Å²) in [4.78, 5) is 4.83. The Labute approximate surface area is 115 Å². The van der Waals surface area contributed by atoms with Crippen molar-refractivity contribution >= 4 is 11.4 Å². The van der Waals surface area contributed by atoms with E-state index in [0.717, 1.165) is 31.9 Å². The van der Waals surface area contributed by atoms with E-state index >= 15 is 0 Å². The summed E-state index contributed by atoms with van der Waals surface area (Å²) in [6.45, 7) is 9.88. The normalized spacial score (nSPS) is 16.6. The van der Waals surface area contributed by atoms with Crippen LogP contribution in [0, 0.1) is 17.2 Å². The highest BCUT2D eigenvalue weighted by molar-refractivity contribution is 5.62. The largest absolute Gasteiger partial charge is 0.398 e. The van der Waals surface area contributed by atoms with Gasteiger partial charge in [-0.2, -0.15) is 5.26 Å². The molecule has 1 aromatic carbocycles. The molecule has 0 radical (unpaired) electrons. The number of hydrogen-bond donors (Lipinski definition) is 1. The second-order valence-electron chi connectivity index (χ2n) is 5.56. The van der Waals surface area contributed by atoms with Gasteiger partial charge in [-0.25, -0.2) is 0 Å². The lowest BCUT2D eigenvalue weighted by Gasteiger charge is -2.37. The number of hydrogen-bond acceptors (Lipinski definition) is 4. The summed E-state index contributed by atoms with van der Waals surface area (Å²) in [5.41, 5.74) is 7.99.